The van der Waals surface area contributed by atoms with E-state index >= 15 is 0 Å². The van der Waals surface area contributed by atoms with E-state index in [1.54, 1.807) is 0 Å². The molecule has 2 bridgehead atoms. The van der Waals surface area contributed by atoms with Crippen LogP contribution >= 0.6 is 0 Å². The summed E-state index contributed by atoms with van der Waals surface area (Å²) in [4.78, 5) is 37.5. The van der Waals surface area contributed by atoms with Gasteiger partial charge in [-0.3, -0.25) is 14.5 Å². The Morgan fingerprint density at radius 3 is 1.58 bits per heavy atom. The highest BCUT2D eigenvalue weighted by Crippen LogP contribution is 3.00. The predicted molar refractivity (Wildman–Crippen MR) is 57.7 cm³/mol. The standard InChI is InChI=1S/C12H13NO6/c1-17-8(14)11-4-5-7(12(5,11)9(15)18-2)13(6(4)11)10(16)19-3/h4-7H,1-3H3. The van der Waals surface area contributed by atoms with Gasteiger partial charge in [0.25, 0.3) is 0 Å². The topological polar surface area (TPSA) is 82.1 Å². The summed E-state index contributed by atoms with van der Waals surface area (Å²) in [6.45, 7) is 0. The monoisotopic (exact) mass is 267 g/mol. The van der Waals surface area contributed by atoms with Gasteiger partial charge in [-0.15, -0.1) is 0 Å². The summed E-state index contributed by atoms with van der Waals surface area (Å²) in [6.07, 6.45) is -0.489. The van der Waals surface area contributed by atoms with Gasteiger partial charge in [0.1, 0.15) is 10.8 Å². The highest BCUT2D eigenvalue weighted by atomic mass is 16.6. The Kier molecular flexibility index (Phi) is 1.58. The first-order chi connectivity index (χ1) is 9.06. The van der Waals surface area contributed by atoms with Crippen LogP contribution in [0.4, 0.5) is 4.79 Å². The molecule has 19 heavy (non-hydrogen) atoms. The van der Waals surface area contributed by atoms with E-state index in [0.29, 0.717) is 0 Å². The minimum absolute atomic E-state index is 0.0307. The Morgan fingerprint density at radius 1 is 0.842 bits per heavy atom. The minimum Gasteiger partial charge on any atom is -0.468 e. The number of carbonyl (C=O) groups is 3. The average Bonchev–Trinajstić information content (AvgIpc) is 3.12. The summed E-state index contributed by atoms with van der Waals surface area (Å²) in [5, 5.41) is 0. The SMILES string of the molecule is COC(=O)N1C2C3C4C1C4(C(=O)OC)C32C(=O)OC. The molecule has 7 heteroatoms. The molecule has 2 aliphatic heterocycles. The maximum Gasteiger partial charge on any atom is 0.410 e. The number of esters is 2. The van der Waals surface area contributed by atoms with Crippen LogP contribution in [0.5, 0.6) is 0 Å². The van der Waals surface area contributed by atoms with Gasteiger partial charge < -0.3 is 14.2 Å². The number of rotatable bonds is 2. The van der Waals surface area contributed by atoms with E-state index in [4.69, 9.17) is 14.2 Å². The molecule has 0 aromatic carbocycles. The number of hydrogen-bond acceptors (Lipinski definition) is 6. The fourth-order valence-corrected chi connectivity index (χ4v) is 5.17. The lowest BCUT2D eigenvalue weighted by Gasteiger charge is -2.29. The van der Waals surface area contributed by atoms with Gasteiger partial charge >= 0.3 is 18.0 Å². The zero-order chi connectivity index (χ0) is 13.7. The van der Waals surface area contributed by atoms with Crippen LogP contribution in [-0.4, -0.2) is 56.3 Å². The number of carbonyl (C=O) groups excluding carboxylic acids is 3. The summed E-state index contributed by atoms with van der Waals surface area (Å²) in [7, 11) is 3.89. The smallest absolute Gasteiger partial charge is 0.410 e. The van der Waals surface area contributed by atoms with E-state index in [1.807, 2.05) is 0 Å². The summed E-state index contributed by atoms with van der Waals surface area (Å²) in [6, 6.07) is -0.525. The predicted octanol–water partition coefficient (Wildman–Crippen LogP) is -0.602. The lowest BCUT2D eigenvalue weighted by atomic mass is 9.72. The van der Waals surface area contributed by atoms with Gasteiger partial charge in [0.15, 0.2) is 0 Å². The molecule has 2 saturated heterocycles. The second-order valence-electron chi connectivity index (χ2n) is 5.54. The Hall–Kier alpha value is -1.79. The van der Waals surface area contributed by atoms with Crippen LogP contribution in [0, 0.1) is 22.7 Å². The molecule has 0 radical (unpaired) electrons. The highest BCUT2D eigenvalue weighted by molar-refractivity contribution is 6.05. The molecule has 0 aromatic heterocycles. The fourth-order valence-electron chi connectivity index (χ4n) is 5.17. The van der Waals surface area contributed by atoms with E-state index in [2.05, 4.69) is 0 Å². The Morgan fingerprint density at radius 2 is 1.26 bits per heavy atom. The first-order valence-corrected chi connectivity index (χ1v) is 6.09. The van der Waals surface area contributed by atoms with Crippen LogP contribution < -0.4 is 0 Å². The quantitative estimate of drug-likeness (QED) is 0.490. The normalized spacial score (nSPS) is 49.7. The molecule has 5 fully saturated rings. The molecule has 7 nitrogen and oxygen atoms in total. The van der Waals surface area contributed by atoms with E-state index in [9.17, 15) is 14.4 Å². The van der Waals surface area contributed by atoms with E-state index in [1.165, 1.54) is 26.2 Å². The first-order valence-electron chi connectivity index (χ1n) is 6.09. The van der Waals surface area contributed by atoms with Gasteiger partial charge in [0, 0.05) is 11.8 Å². The van der Waals surface area contributed by atoms with Gasteiger partial charge in [-0.2, -0.15) is 0 Å². The summed E-state index contributed by atoms with van der Waals surface area (Å²) in [5.41, 5.74) is -1.75. The van der Waals surface area contributed by atoms with Crippen molar-refractivity contribution in [2.75, 3.05) is 21.3 Å². The average molecular weight is 267 g/mol. The van der Waals surface area contributed by atoms with Crippen LogP contribution in [0.15, 0.2) is 0 Å². The highest BCUT2D eigenvalue weighted by Gasteiger charge is 3.14. The molecular weight excluding hydrogens is 254 g/mol. The maximum absolute atomic E-state index is 12.1. The number of hydrogen-bond donors (Lipinski definition) is 0. The molecule has 5 aliphatic rings. The second kappa shape index (κ2) is 2.71. The molecule has 2 heterocycles. The molecule has 0 spiro atoms. The summed E-state index contributed by atoms with van der Waals surface area (Å²) < 4.78 is 14.4. The third-order valence-electron chi connectivity index (χ3n) is 5.55. The molecule has 3 aliphatic carbocycles. The van der Waals surface area contributed by atoms with Crippen LogP contribution in [0.25, 0.3) is 0 Å². The lowest BCUT2D eigenvalue weighted by Crippen LogP contribution is -2.45. The van der Waals surface area contributed by atoms with Gasteiger partial charge in [-0.1, -0.05) is 0 Å². The molecule has 6 unspecified atom stereocenters. The summed E-state index contributed by atoms with van der Waals surface area (Å²) in [5.74, 6) is -0.776. The number of nitrogens with zero attached hydrogens (tertiary/aromatic N) is 1. The Bertz CT molecular complexity index is 506. The maximum atomic E-state index is 12.1. The number of amides is 1. The molecule has 0 aromatic rings. The lowest BCUT2D eigenvalue weighted by molar-refractivity contribution is -0.168. The second-order valence-corrected chi connectivity index (χ2v) is 5.54. The van der Waals surface area contributed by atoms with Crippen molar-refractivity contribution in [1.29, 1.82) is 0 Å². The molecule has 1 amide bonds. The molecule has 0 N–H and O–H groups in total. The fraction of sp³-hybridized carbons (Fsp3) is 0.750. The molecule has 102 valence electrons. The summed E-state index contributed by atoms with van der Waals surface area (Å²) >= 11 is 0. The molecule has 6 atom stereocenters. The van der Waals surface area contributed by atoms with Gasteiger partial charge in [0.2, 0.25) is 0 Å². The van der Waals surface area contributed by atoms with Crippen LogP contribution in [0.1, 0.15) is 0 Å². The number of piperidine rings is 4. The molecular formula is C12H13NO6. The van der Waals surface area contributed by atoms with E-state index in [-0.39, 0.29) is 23.9 Å². The third-order valence-corrected chi connectivity index (χ3v) is 5.55. The first kappa shape index (κ1) is 11.1. The largest absolute Gasteiger partial charge is 0.468 e. The number of ether oxygens (including phenoxy) is 3. The van der Waals surface area contributed by atoms with Crippen molar-refractivity contribution < 1.29 is 28.6 Å². The van der Waals surface area contributed by atoms with Crippen molar-refractivity contribution in [2.45, 2.75) is 12.1 Å². The Labute approximate surface area is 108 Å². The van der Waals surface area contributed by atoms with Crippen molar-refractivity contribution in [3.63, 3.8) is 0 Å². The Balaban J connectivity index is 1.79. The minimum atomic E-state index is -0.877. The third kappa shape index (κ3) is 0.683. The van der Waals surface area contributed by atoms with Crippen molar-refractivity contribution >= 4 is 18.0 Å². The van der Waals surface area contributed by atoms with Crippen LogP contribution in [0.2, 0.25) is 0 Å². The molecule has 3 saturated carbocycles. The van der Waals surface area contributed by atoms with E-state index in [0.717, 1.165) is 0 Å². The van der Waals surface area contributed by atoms with Crippen molar-refractivity contribution in [2.24, 2.45) is 22.7 Å². The van der Waals surface area contributed by atoms with Crippen molar-refractivity contribution in [1.82, 2.24) is 4.90 Å². The number of methoxy groups -OCH3 is 3. The zero-order valence-electron chi connectivity index (χ0n) is 10.7. The van der Waals surface area contributed by atoms with Gasteiger partial charge in [0.05, 0.1) is 33.4 Å². The van der Waals surface area contributed by atoms with Gasteiger partial charge in [-0.05, 0) is 0 Å². The van der Waals surface area contributed by atoms with Crippen molar-refractivity contribution in [3.05, 3.63) is 0 Å². The van der Waals surface area contributed by atoms with Crippen LogP contribution in [0.3, 0.4) is 0 Å². The zero-order valence-corrected chi connectivity index (χ0v) is 10.7. The van der Waals surface area contributed by atoms with E-state index < -0.39 is 28.9 Å². The van der Waals surface area contributed by atoms with Crippen molar-refractivity contribution in [3.8, 4) is 0 Å². The van der Waals surface area contributed by atoms with Crippen LogP contribution in [-0.2, 0) is 23.8 Å². The molecule has 5 rings (SSSR count). The van der Waals surface area contributed by atoms with Gasteiger partial charge in [-0.25, -0.2) is 4.79 Å².